The van der Waals surface area contributed by atoms with Crippen LogP contribution in [0.5, 0.6) is 0 Å². The number of carbonyl (C=O) groups is 1. The van der Waals surface area contributed by atoms with Gasteiger partial charge in [0.2, 0.25) is 5.91 Å². The third-order valence-corrected chi connectivity index (χ3v) is 5.14. The summed E-state index contributed by atoms with van der Waals surface area (Å²) >= 11 is 7.27. The number of fused-ring (bicyclic) bond motifs is 1. The Kier molecular flexibility index (Phi) is 5.18. The molecule has 3 heterocycles. The Morgan fingerprint density at radius 2 is 2.11 bits per heavy atom. The number of hydrogen-bond acceptors (Lipinski definition) is 6. The molecule has 1 aromatic carbocycles. The van der Waals surface area contributed by atoms with Crippen LogP contribution in [0.1, 0.15) is 5.56 Å². The minimum absolute atomic E-state index is 0.106. The van der Waals surface area contributed by atoms with Gasteiger partial charge in [0, 0.05) is 17.6 Å². The molecule has 0 fully saturated rings. The summed E-state index contributed by atoms with van der Waals surface area (Å²) in [5.41, 5.74) is 0.920. The summed E-state index contributed by atoms with van der Waals surface area (Å²) in [6.07, 6.45) is 1.52. The minimum atomic E-state index is -0.309. The van der Waals surface area contributed by atoms with E-state index < -0.39 is 0 Å². The van der Waals surface area contributed by atoms with Crippen molar-refractivity contribution in [2.45, 2.75) is 11.7 Å². The molecule has 0 saturated carbocycles. The van der Waals surface area contributed by atoms with Gasteiger partial charge in [0.15, 0.2) is 22.4 Å². The van der Waals surface area contributed by atoms with Crippen LogP contribution in [-0.4, -0.2) is 31.2 Å². The summed E-state index contributed by atoms with van der Waals surface area (Å²) in [4.78, 5) is 32.7. The van der Waals surface area contributed by atoms with E-state index in [-0.39, 0.29) is 17.2 Å². The molecule has 4 rings (SSSR count). The summed E-state index contributed by atoms with van der Waals surface area (Å²) < 4.78 is 6.78. The van der Waals surface area contributed by atoms with Crippen LogP contribution < -0.4 is 10.9 Å². The number of hydrogen-bond donors (Lipinski definition) is 2. The van der Waals surface area contributed by atoms with Crippen LogP contribution in [-0.2, 0) is 11.3 Å². The minimum Gasteiger partial charge on any atom is -0.461 e. The van der Waals surface area contributed by atoms with E-state index in [0.717, 1.165) is 5.56 Å². The number of benzene rings is 1. The van der Waals surface area contributed by atoms with Crippen molar-refractivity contribution in [3.8, 4) is 11.6 Å². The Morgan fingerprint density at radius 1 is 1.25 bits per heavy atom. The van der Waals surface area contributed by atoms with E-state index in [4.69, 9.17) is 16.0 Å². The molecule has 3 aromatic heterocycles. The molecule has 2 N–H and O–H groups in total. The first-order chi connectivity index (χ1) is 13.6. The lowest BCUT2D eigenvalue weighted by atomic mass is 10.2. The SMILES string of the molecule is O=C(CSc1nc(-c2ccco2)nc2cc(=O)[nH]n12)NCc1ccccc1Cl. The highest BCUT2D eigenvalue weighted by atomic mass is 35.5. The zero-order valence-corrected chi connectivity index (χ0v) is 16.0. The maximum atomic E-state index is 12.2. The van der Waals surface area contributed by atoms with Crippen LogP contribution in [0.2, 0.25) is 5.02 Å². The molecule has 0 aliphatic rings. The summed E-state index contributed by atoms with van der Waals surface area (Å²) in [5, 5.41) is 6.46. The van der Waals surface area contributed by atoms with E-state index in [1.807, 2.05) is 18.2 Å². The zero-order valence-electron chi connectivity index (χ0n) is 14.4. The number of halogens is 1. The Hall–Kier alpha value is -3.04. The number of nitrogens with one attached hydrogen (secondary N) is 2. The van der Waals surface area contributed by atoms with E-state index in [9.17, 15) is 9.59 Å². The monoisotopic (exact) mass is 415 g/mol. The molecule has 0 bridgehead atoms. The molecule has 0 aliphatic heterocycles. The van der Waals surface area contributed by atoms with E-state index in [1.54, 1.807) is 18.2 Å². The topological polar surface area (TPSA) is 105 Å². The molecule has 4 aromatic rings. The summed E-state index contributed by atoms with van der Waals surface area (Å²) in [7, 11) is 0. The Labute approximate surface area is 167 Å². The number of rotatable bonds is 6. The molecule has 0 aliphatic carbocycles. The highest BCUT2D eigenvalue weighted by Crippen LogP contribution is 2.21. The molecule has 0 atom stereocenters. The van der Waals surface area contributed by atoms with Gasteiger partial charge in [-0.2, -0.15) is 4.98 Å². The van der Waals surface area contributed by atoms with Crippen molar-refractivity contribution in [2.24, 2.45) is 0 Å². The first kappa shape index (κ1) is 18.3. The average Bonchev–Trinajstić information content (AvgIpc) is 3.34. The fourth-order valence-electron chi connectivity index (χ4n) is 2.51. The van der Waals surface area contributed by atoms with Gasteiger partial charge in [0.1, 0.15) is 0 Å². The quantitative estimate of drug-likeness (QED) is 0.469. The first-order valence-electron chi connectivity index (χ1n) is 8.27. The van der Waals surface area contributed by atoms with Crippen molar-refractivity contribution >= 4 is 34.9 Å². The van der Waals surface area contributed by atoms with Crippen LogP contribution >= 0.6 is 23.4 Å². The number of carbonyl (C=O) groups excluding carboxylic acids is 1. The van der Waals surface area contributed by atoms with Gasteiger partial charge >= 0.3 is 0 Å². The van der Waals surface area contributed by atoms with Crippen molar-refractivity contribution < 1.29 is 9.21 Å². The predicted molar refractivity (Wildman–Crippen MR) is 105 cm³/mol. The third kappa shape index (κ3) is 3.95. The van der Waals surface area contributed by atoms with Gasteiger partial charge < -0.3 is 9.73 Å². The third-order valence-electron chi connectivity index (χ3n) is 3.83. The van der Waals surface area contributed by atoms with Crippen molar-refractivity contribution in [3.63, 3.8) is 0 Å². The lowest BCUT2D eigenvalue weighted by Gasteiger charge is -2.08. The average molecular weight is 416 g/mol. The zero-order chi connectivity index (χ0) is 19.5. The van der Waals surface area contributed by atoms with Crippen LogP contribution in [0, 0.1) is 0 Å². The molecule has 142 valence electrons. The maximum absolute atomic E-state index is 12.2. The fourth-order valence-corrected chi connectivity index (χ4v) is 3.50. The molecule has 0 unspecified atom stereocenters. The molecular formula is C18H14ClN5O3S. The molecule has 0 radical (unpaired) electrons. The highest BCUT2D eigenvalue weighted by molar-refractivity contribution is 7.99. The Bertz CT molecular complexity index is 1190. The van der Waals surface area contributed by atoms with E-state index in [1.165, 1.54) is 28.6 Å². The second-order valence-electron chi connectivity index (χ2n) is 5.78. The van der Waals surface area contributed by atoms with Crippen molar-refractivity contribution in [1.82, 2.24) is 24.9 Å². The Balaban J connectivity index is 1.50. The number of thioether (sulfide) groups is 1. The van der Waals surface area contributed by atoms with Crippen LogP contribution in [0.3, 0.4) is 0 Å². The van der Waals surface area contributed by atoms with Crippen LogP contribution in [0.25, 0.3) is 17.2 Å². The molecule has 28 heavy (non-hydrogen) atoms. The number of H-pyrrole nitrogens is 1. The number of nitrogens with zero attached hydrogens (tertiary/aromatic N) is 3. The lowest BCUT2D eigenvalue weighted by Crippen LogP contribution is -2.25. The van der Waals surface area contributed by atoms with Gasteiger partial charge in [-0.05, 0) is 23.8 Å². The van der Waals surface area contributed by atoms with Gasteiger partial charge in [0.05, 0.1) is 12.0 Å². The number of aromatic amines is 1. The summed E-state index contributed by atoms with van der Waals surface area (Å²) in [5.74, 6) is 0.726. The molecule has 0 saturated heterocycles. The molecule has 10 heteroatoms. The van der Waals surface area contributed by atoms with Crippen LogP contribution in [0.15, 0.2) is 63.1 Å². The first-order valence-corrected chi connectivity index (χ1v) is 9.63. The van der Waals surface area contributed by atoms with E-state index >= 15 is 0 Å². The molecule has 1 amide bonds. The number of amides is 1. The van der Waals surface area contributed by atoms with Crippen molar-refractivity contribution in [3.05, 3.63) is 69.7 Å². The second kappa shape index (κ2) is 7.91. The van der Waals surface area contributed by atoms with Crippen molar-refractivity contribution in [2.75, 3.05) is 5.75 Å². The van der Waals surface area contributed by atoms with E-state index in [0.29, 0.717) is 34.0 Å². The fraction of sp³-hybridized carbons (Fsp3) is 0.111. The molecule has 8 nitrogen and oxygen atoms in total. The van der Waals surface area contributed by atoms with Gasteiger partial charge in [-0.15, -0.1) is 0 Å². The van der Waals surface area contributed by atoms with Gasteiger partial charge in [-0.3, -0.25) is 14.7 Å². The highest BCUT2D eigenvalue weighted by Gasteiger charge is 2.14. The number of furan rings is 1. The van der Waals surface area contributed by atoms with Gasteiger partial charge in [-0.25, -0.2) is 9.50 Å². The molecule has 0 spiro atoms. The van der Waals surface area contributed by atoms with Crippen LogP contribution in [0.4, 0.5) is 0 Å². The number of aromatic nitrogens is 4. The summed E-state index contributed by atoms with van der Waals surface area (Å²) in [6.45, 7) is 0.330. The van der Waals surface area contributed by atoms with Crippen molar-refractivity contribution in [1.29, 1.82) is 0 Å². The normalized spacial score (nSPS) is 11.0. The van der Waals surface area contributed by atoms with E-state index in [2.05, 4.69) is 20.4 Å². The Morgan fingerprint density at radius 3 is 2.89 bits per heavy atom. The largest absolute Gasteiger partial charge is 0.461 e. The van der Waals surface area contributed by atoms with Gasteiger partial charge in [-0.1, -0.05) is 41.6 Å². The van der Waals surface area contributed by atoms with Gasteiger partial charge in [0.25, 0.3) is 5.56 Å². The standard InChI is InChI=1S/C18H14ClN5O3S/c19-12-5-2-1-4-11(12)9-20-16(26)10-28-18-22-17(13-6-3-7-27-13)21-14-8-15(25)23-24(14)18/h1-8H,9-10H2,(H,20,26)(H,23,25). The lowest BCUT2D eigenvalue weighted by molar-refractivity contribution is -0.118. The second-order valence-corrected chi connectivity index (χ2v) is 7.13. The smallest absolute Gasteiger partial charge is 0.266 e. The summed E-state index contributed by atoms with van der Waals surface area (Å²) in [6, 6.07) is 12.1. The molecular weight excluding hydrogens is 402 g/mol. The predicted octanol–water partition coefficient (Wildman–Crippen LogP) is 2.74. The maximum Gasteiger partial charge on any atom is 0.266 e.